The summed E-state index contributed by atoms with van der Waals surface area (Å²) in [4.78, 5) is 16.5. The van der Waals surface area contributed by atoms with Crippen molar-refractivity contribution in [2.45, 2.75) is 52.2 Å². The molecule has 1 saturated carbocycles. The molecule has 110 valence electrons. The molecule has 0 saturated heterocycles. The lowest BCUT2D eigenvalue weighted by Crippen LogP contribution is -2.61. The van der Waals surface area contributed by atoms with Crippen LogP contribution < -0.4 is 5.32 Å². The third-order valence-electron chi connectivity index (χ3n) is 4.19. The molecule has 0 radical (unpaired) electrons. The number of pyridine rings is 1. The van der Waals surface area contributed by atoms with E-state index in [1.54, 1.807) is 12.1 Å². The van der Waals surface area contributed by atoms with Gasteiger partial charge in [0.1, 0.15) is 5.15 Å². The first-order valence-electron chi connectivity index (χ1n) is 6.88. The largest absolute Gasteiger partial charge is 0.392 e. The van der Waals surface area contributed by atoms with Crippen molar-refractivity contribution in [3.8, 4) is 0 Å². The van der Waals surface area contributed by atoms with Crippen LogP contribution in [0, 0.1) is 5.41 Å². The van der Waals surface area contributed by atoms with E-state index in [2.05, 4.69) is 10.3 Å². The van der Waals surface area contributed by atoms with Gasteiger partial charge in [0.25, 0.3) is 5.91 Å². The number of nitrogens with zero attached hydrogens (tertiary/aromatic N) is 1. The summed E-state index contributed by atoms with van der Waals surface area (Å²) >= 11 is 5.97. The summed E-state index contributed by atoms with van der Waals surface area (Å²) in [6, 6.07) is 3.33. The Balaban J connectivity index is 2.14. The fourth-order valence-corrected chi connectivity index (χ4v) is 2.55. The molecule has 5 heteroatoms. The van der Waals surface area contributed by atoms with Crippen molar-refractivity contribution in [3.05, 3.63) is 28.5 Å². The van der Waals surface area contributed by atoms with E-state index in [1.165, 1.54) is 0 Å². The van der Waals surface area contributed by atoms with E-state index in [0.29, 0.717) is 17.1 Å². The van der Waals surface area contributed by atoms with Crippen molar-refractivity contribution in [2.24, 2.45) is 5.41 Å². The zero-order valence-corrected chi connectivity index (χ0v) is 13.0. The predicted molar refractivity (Wildman–Crippen MR) is 79.0 cm³/mol. The van der Waals surface area contributed by atoms with Crippen molar-refractivity contribution >= 4 is 17.5 Å². The Hall–Kier alpha value is -1.13. The Labute approximate surface area is 124 Å². The second-order valence-corrected chi connectivity index (χ2v) is 6.74. The van der Waals surface area contributed by atoms with Gasteiger partial charge < -0.3 is 10.4 Å². The quantitative estimate of drug-likeness (QED) is 0.843. The average Bonchev–Trinajstić information content (AvgIpc) is 2.37. The molecule has 1 aromatic heterocycles. The molecule has 2 rings (SSSR count). The van der Waals surface area contributed by atoms with Crippen LogP contribution in [-0.2, 0) is 0 Å². The van der Waals surface area contributed by atoms with E-state index in [-0.39, 0.29) is 29.4 Å². The molecule has 0 bridgehead atoms. The molecule has 1 fully saturated rings. The molecule has 1 amide bonds. The van der Waals surface area contributed by atoms with E-state index in [0.717, 1.165) is 5.69 Å². The number of carbonyl (C=O) groups excluding carboxylic acids is 1. The number of aliphatic hydroxyl groups excluding tert-OH is 1. The highest BCUT2D eigenvalue weighted by Crippen LogP contribution is 2.40. The van der Waals surface area contributed by atoms with Gasteiger partial charge in [-0.15, -0.1) is 0 Å². The number of aliphatic hydroxyl groups is 1. The second-order valence-electron chi connectivity index (χ2n) is 6.36. The SMILES string of the molecule is CC(C)c1cc(C(=O)NC2CC(O)C2(C)C)cc(Cl)n1. The maximum atomic E-state index is 12.3. The van der Waals surface area contributed by atoms with Crippen molar-refractivity contribution in [1.29, 1.82) is 0 Å². The summed E-state index contributed by atoms with van der Waals surface area (Å²) in [5.41, 5.74) is 1.04. The molecule has 2 unspecified atom stereocenters. The summed E-state index contributed by atoms with van der Waals surface area (Å²) < 4.78 is 0. The third-order valence-corrected chi connectivity index (χ3v) is 4.38. The molecule has 1 heterocycles. The summed E-state index contributed by atoms with van der Waals surface area (Å²) in [7, 11) is 0. The maximum absolute atomic E-state index is 12.3. The third kappa shape index (κ3) is 2.81. The van der Waals surface area contributed by atoms with Crippen LogP contribution in [0.3, 0.4) is 0 Å². The van der Waals surface area contributed by atoms with Gasteiger partial charge in [-0.05, 0) is 24.5 Å². The second kappa shape index (κ2) is 5.34. The maximum Gasteiger partial charge on any atom is 0.251 e. The van der Waals surface area contributed by atoms with Gasteiger partial charge in [0.05, 0.1) is 6.10 Å². The fourth-order valence-electron chi connectivity index (χ4n) is 2.33. The zero-order valence-electron chi connectivity index (χ0n) is 12.3. The fraction of sp³-hybridized carbons (Fsp3) is 0.600. The van der Waals surface area contributed by atoms with Crippen LogP contribution in [0.15, 0.2) is 12.1 Å². The van der Waals surface area contributed by atoms with E-state index in [4.69, 9.17) is 11.6 Å². The monoisotopic (exact) mass is 296 g/mol. The highest BCUT2D eigenvalue weighted by Gasteiger charge is 2.48. The summed E-state index contributed by atoms with van der Waals surface area (Å²) in [6.07, 6.45) is 0.231. The zero-order chi connectivity index (χ0) is 15.1. The van der Waals surface area contributed by atoms with Crippen molar-refractivity contribution < 1.29 is 9.90 Å². The molecule has 4 nitrogen and oxygen atoms in total. The Bertz CT molecular complexity index is 529. The molecule has 1 aromatic rings. The lowest BCUT2D eigenvalue weighted by Gasteiger charge is -2.49. The molecular formula is C15H21ClN2O2. The van der Waals surface area contributed by atoms with Crippen LogP contribution in [-0.4, -0.2) is 28.1 Å². The average molecular weight is 297 g/mol. The number of rotatable bonds is 3. The highest BCUT2D eigenvalue weighted by atomic mass is 35.5. The molecule has 1 aliphatic rings. The van der Waals surface area contributed by atoms with Gasteiger partial charge in [-0.25, -0.2) is 4.98 Å². The summed E-state index contributed by atoms with van der Waals surface area (Å²) in [5.74, 6) is 0.0448. The van der Waals surface area contributed by atoms with Gasteiger partial charge >= 0.3 is 0 Å². The molecule has 0 spiro atoms. The van der Waals surface area contributed by atoms with Gasteiger partial charge in [0, 0.05) is 22.7 Å². The first-order chi connectivity index (χ1) is 9.21. The molecule has 0 aliphatic heterocycles. The number of carbonyl (C=O) groups is 1. The van der Waals surface area contributed by atoms with Crippen LogP contribution >= 0.6 is 11.6 Å². The normalized spacial score (nSPS) is 24.4. The highest BCUT2D eigenvalue weighted by molar-refractivity contribution is 6.29. The molecule has 0 aromatic carbocycles. The van der Waals surface area contributed by atoms with Crippen LogP contribution in [0.4, 0.5) is 0 Å². The van der Waals surface area contributed by atoms with E-state index in [1.807, 2.05) is 27.7 Å². The van der Waals surface area contributed by atoms with Crippen LogP contribution in [0.1, 0.15) is 56.1 Å². The van der Waals surface area contributed by atoms with Crippen molar-refractivity contribution in [1.82, 2.24) is 10.3 Å². The Morgan fingerprint density at radius 2 is 2.15 bits per heavy atom. The molecule has 2 atom stereocenters. The van der Waals surface area contributed by atoms with E-state index in [9.17, 15) is 9.90 Å². The summed E-state index contributed by atoms with van der Waals surface area (Å²) in [5, 5.41) is 13.0. The number of halogens is 1. The van der Waals surface area contributed by atoms with Gasteiger partial charge in [0.15, 0.2) is 0 Å². The first-order valence-corrected chi connectivity index (χ1v) is 7.26. The Kier molecular flexibility index (Phi) is 4.07. The van der Waals surface area contributed by atoms with Gasteiger partial charge in [0.2, 0.25) is 0 Å². The molecular weight excluding hydrogens is 276 g/mol. The minimum Gasteiger partial charge on any atom is -0.392 e. The van der Waals surface area contributed by atoms with Crippen molar-refractivity contribution in [3.63, 3.8) is 0 Å². The Morgan fingerprint density at radius 1 is 1.50 bits per heavy atom. The minimum absolute atomic E-state index is 0.0144. The Morgan fingerprint density at radius 3 is 2.65 bits per heavy atom. The molecule has 20 heavy (non-hydrogen) atoms. The summed E-state index contributed by atoms with van der Waals surface area (Å²) in [6.45, 7) is 7.91. The number of aromatic nitrogens is 1. The number of hydrogen-bond donors (Lipinski definition) is 2. The minimum atomic E-state index is -0.361. The van der Waals surface area contributed by atoms with E-state index < -0.39 is 0 Å². The number of nitrogens with one attached hydrogen (secondary N) is 1. The number of hydrogen-bond acceptors (Lipinski definition) is 3. The smallest absolute Gasteiger partial charge is 0.251 e. The lowest BCUT2D eigenvalue weighted by atomic mass is 9.64. The first kappa shape index (κ1) is 15.3. The van der Waals surface area contributed by atoms with Gasteiger partial charge in [-0.1, -0.05) is 39.3 Å². The van der Waals surface area contributed by atoms with Crippen LogP contribution in [0.5, 0.6) is 0 Å². The standard InChI is InChI=1S/C15H21ClN2O2/c1-8(2)10-5-9(6-13(16)17-10)14(20)18-11-7-12(19)15(11,3)4/h5-6,8,11-12,19H,7H2,1-4H3,(H,18,20). The lowest BCUT2D eigenvalue weighted by molar-refractivity contribution is -0.0689. The predicted octanol–water partition coefficient (Wildman–Crippen LogP) is 2.75. The van der Waals surface area contributed by atoms with Gasteiger partial charge in [-0.3, -0.25) is 4.79 Å². The van der Waals surface area contributed by atoms with Crippen LogP contribution in [0.2, 0.25) is 5.15 Å². The van der Waals surface area contributed by atoms with E-state index >= 15 is 0 Å². The van der Waals surface area contributed by atoms with Gasteiger partial charge in [-0.2, -0.15) is 0 Å². The van der Waals surface area contributed by atoms with Crippen molar-refractivity contribution in [2.75, 3.05) is 0 Å². The topological polar surface area (TPSA) is 62.2 Å². The molecule has 1 aliphatic carbocycles. The van der Waals surface area contributed by atoms with Crippen LogP contribution in [0.25, 0.3) is 0 Å². The molecule has 2 N–H and O–H groups in total. The number of amides is 1.